The quantitative estimate of drug-likeness (QED) is 0.870. The number of carbonyl (C=O) groups is 1. The number of anilines is 2. The van der Waals surface area contributed by atoms with Crippen molar-refractivity contribution in [3.8, 4) is 0 Å². The molecule has 22 heavy (non-hydrogen) atoms. The number of hydrogen-bond acceptors (Lipinski definition) is 2. The first-order chi connectivity index (χ1) is 10.5. The minimum Gasteiger partial charge on any atom is -0.382 e. The van der Waals surface area contributed by atoms with E-state index in [1.54, 1.807) is 0 Å². The molecule has 1 amide bonds. The van der Waals surface area contributed by atoms with Crippen LogP contribution in [-0.2, 0) is 4.79 Å². The highest BCUT2D eigenvalue weighted by molar-refractivity contribution is 5.97. The van der Waals surface area contributed by atoms with Crippen LogP contribution in [-0.4, -0.2) is 11.9 Å². The van der Waals surface area contributed by atoms with E-state index in [4.69, 9.17) is 0 Å². The molecule has 114 valence electrons. The maximum Gasteiger partial charge on any atom is 0.232 e. The van der Waals surface area contributed by atoms with Crippen molar-refractivity contribution < 1.29 is 4.79 Å². The molecule has 1 aliphatic rings. The van der Waals surface area contributed by atoms with Gasteiger partial charge in [0.25, 0.3) is 0 Å². The van der Waals surface area contributed by atoms with Gasteiger partial charge in [-0.3, -0.25) is 4.79 Å². The SMILES string of the molecule is Cc1ccc(NC(=O)C2CC(C)Nc3ccccc32)cc1C. The first kappa shape index (κ1) is 14.6. The molecule has 2 unspecified atom stereocenters. The van der Waals surface area contributed by atoms with Crippen molar-refractivity contribution in [1.29, 1.82) is 0 Å². The molecule has 2 aromatic rings. The monoisotopic (exact) mass is 294 g/mol. The molecule has 1 aliphatic heterocycles. The van der Waals surface area contributed by atoms with Crippen molar-refractivity contribution in [2.75, 3.05) is 10.6 Å². The molecule has 1 heterocycles. The maximum absolute atomic E-state index is 12.7. The average Bonchev–Trinajstić information content (AvgIpc) is 2.50. The van der Waals surface area contributed by atoms with Gasteiger partial charge in [-0.05, 0) is 62.1 Å². The Hall–Kier alpha value is -2.29. The van der Waals surface area contributed by atoms with Gasteiger partial charge < -0.3 is 10.6 Å². The number of fused-ring (bicyclic) bond motifs is 1. The molecule has 0 radical (unpaired) electrons. The molecule has 2 N–H and O–H groups in total. The van der Waals surface area contributed by atoms with Crippen LogP contribution in [0.3, 0.4) is 0 Å². The van der Waals surface area contributed by atoms with Gasteiger partial charge in [0.2, 0.25) is 5.91 Å². The Kier molecular flexibility index (Phi) is 3.88. The lowest BCUT2D eigenvalue weighted by Crippen LogP contribution is -2.32. The summed E-state index contributed by atoms with van der Waals surface area (Å²) in [5, 5.41) is 6.52. The van der Waals surface area contributed by atoms with Crippen molar-refractivity contribution in [3.05, 3.63) is 59.2 Å². The second-order valence-electron chi connectivity index (χ2n) is 6.21. The number of amides is 1. The predicted molar refractivity (Wildman–Crippen MR) is 91.4 cm³/mol. The third-order valence-electron chi connectivity index (χ3n) is 4.42. The topological polar surface area (TPSA) is 41.1 Å². The standard InChI is InChI=1S/C19H22N2O/c1-12-8-9-15(10-13(12)2)21-19(22)17-11-14(3)20-18-7-5-4-6-16(17)18/h4-10,14,17,20H,11H2,1-3H3,(H,21,22). The lowest BCUT2D eigenvalue weighted by molar-refractivity contribution is -0.117. The van der Waals surface area contributed by atoms with Gasteiger partial charge in [-0.1, -0.05) is 24.3 Å². The van der Waals surface area contributed by atoms with Crippen LogP contribution in [0.25, 0.3) is 0 Å². The molecule has 0 fully saturated rings. The highest BCUT2D eigenvalue weighted by atomic mass is 16.1. The normalized spacial score (nSPS) is 20.0. The molecular weight excluding hydrogens is 272 g/mol. The summed E-state index contributed by atoms with van der Waals surface area (Å²) in [5.74, 6) is -0.0295. The van der Waals surface area contributed by atoms with Crippen LogP contribution in [0.1, 0.15) is 36.0 Å². The summed E-state index contributed by atoms with van der Waals surface area (Å²) in [6, 6.07) is 14.4. The van der Waals surface area contributed by atoms with Crippen molar-refractivity contribution in [2.24, 2.45) is 0 Å². The Morgan fingerprint density at radius 2 is 1.91 bits per heavy atom. The van der Waals surface area contributed by atoms with E-state index in [0.29, 0.717) is 6.04 Å². The summed E-state index contributed by atoms with van der Waals surface area (Å²) in [7, 11) is 0. The minimum atomic E-state index is -0.103. The molecule has 3 rings (SSSR count). The summed E-state index contributed by atoms with van der Waals surface area (Å²) < 4.78 is 0. The minimum absolute atomic E-state index is 0.0732. The Balaban J connectivity index is 1.84. The van der Waals surface area contributed by atoms with E-state index in [1.165, 1.54) is 11.1 Å². The largest absolute Gasteiger partial charge is 0.382 e. The van der Waals surface area contributed by atoms with Gasteiger partial charge in [0, 0.05) is 17.4 Å². The lowest BCUT2D eigenvalue weighted by Gasteiger charge is -2.30. The van der Waals surface area contributed by atoms with Gasteiger partial charge >= 0.3 is 0 Å². The van der Waals surface area contributed by atoms with Crippen LogP contribution >= 0.6 is 0 Å². The zero-order valence-corrected chi connectivity index (χ0v) is 13.3. The first-order valence-corrected chi connectivity index (χ1v) is 7.78. The van der Waals surface area contributed by atoms with Crippen LogP contribution in [0.15, 0.2) is 42.5 Å². The van der Waals surface area contributed by atoms with Gasteiger partial charge in [-0.2, -0.15) is 0 Å². The second-order valence-corrected chi connectivity index (χ2v) is 6.21. The molecule has 0 saturated carbocycles. The molecule has 3 nitrogen and oxygen atoms in total. The zero-order valence-electron chi connectivity index (χ0n) is 13.3. The van der Waals surface area contributed by atoms with E-state index < -0.39 is 0 Å². The van der Waals surface area contributed by atoms with E-state index in [-0.39, 0.29) is 11.8 Å². The molecule has 0 spiro atoms. The summed E-state index contributed by atoms with van der Waals surface area (Å²) in [5.41, 5.74) is 5.45. The second kappa shape index (κ2) is 5.84. The van der Waals surface area contributed by atoms with Crippen LogP contribution in [0.5, 0.6) is 0 Å². The summed E-state index contributed by atoms with van der Waals surface area (Å²) in [4.78, 5) is 12.7. The van der Waals surface area contributed by atoms with Gasteiger partial charge in [0.15, 0.2) is 0 Å². The number of nitrogens with one attached hydrogen (secondary N) is 2. The number of carbonyl (C=O) groups excluding carboxylic acids is 1. The number of hydrogen-bond donors (Lipinski definition) is 2. The Morgan fingerprint density at radius 1 is 1.14 bits per heavy atom. The Bertz CT molecular complexity index is 708. The maximum atomic E-state index is 12.7. The van der Waals surface area contributed by atoms with Crippen LogP contribution in [0.4, 0.5) is 11.4 Å². The van der Waals surface area contributed by atoms with Crippen LogP contribution in [0, 0.1) is 13.8 Å². The smallest absolute Gasteiger partial charge is 0.232 e. The predicted octanol–water partition coefficient (Wildman–Crippen LogP) is 4.23. The van der Waals surface area contributed by atoms with E-state index in [2.05, 4.69) is 31.4 Å². The first-order valence-electron chi connectivity index (χ1n) is 7.78. The highest BCUT2D eigenvalue weighted by Crippen LogP contribution is 2.34. The zero-order chi connectivity index (χ0) is 15.7. The molecular formula is C19H22N2O. The van der Waals surface area contributed by atoms with Gasteiger partial charge in [-0.15, -0.1) is 0 Å². The van der Waals surface area contributed by atoms with Crippen LogP contribution < -0.4 is 10.6 Å². The lowest BCUT2D eigenvalue weighted by atomic mass is 9.86. The number of aryl methyl sites for hydroxylation is 2. The Morgan fingerprint density at radius 3 is 2.68 bits per heavy atom. The molecule has 2 aromatic carbocycles. The van der Waals surface area contributed by atoms with Crippen molar-refractivity contribution in [2.45, 2.75) is 39.2 Å². The Labute approximate surface area is 131 Å². The third kappa shape index (κ3) is 2.84. The molecule has 0 saturated heterocycles. The summed E-state index contributed by atoms with van der Waals surface area (Å²) in [6.07, 6.45) is 0.813. The van der Waals surface area contributed by atoms with Crippen molar-refractivity contribution in [3.63, 3.8) is 0 Å². The number of benzene rings is 2. The van der Waals surface area contributed by atoms with E-state index >= 15 is 0 Å². The summed E-state index contributed by atoms with van der Waals surface area (Å²) >= 11 is 0. The van der Waals surface area contributed by atoms with E-state index in [9.17, 15) is 4.79 Å². The summed E-state index contributed by atoms with van der Waals surface area (Å²) in [6.45, 7) is 6.25. The fourth-order valence-corrected chi connectivity index (χ4v) is 3.03. The van der Waals surface area contributed by atoms with Crippen molar-refractivity contribution >= 4 is 17.3 Å². The van der Waals surface area contributed by atoms with Gasteiger partial charge in [-0.25, -0.2) is 0 Å². The van der Waals surface area contributed by atoms with Crippen LogP contribution in [0.2, 0.25) is 0 Å². The highest BCUT2D eigenvalue weighted by Gasteiger charge is 2.29. The van der Waals surface area contributed by atoms with Gasteiger partial charge in [0.1, 0.15) is 0 Å². The molecule has 2 atom stereocenters. The number of rotatable bonds is 2. The average molecular weight is 294 g/mol. The van der Waals surface area contributed by atoms with E-state index in [0.717, 1.165) is 23.4 Å². The molecule has 0 aliphatic carbocycles. The fraction of sp³-hybridized carbons (Fsp3) is 0.316. The molecule has 3 heteroatoms. The van der Waals surface area contributed by atoms with Gasteiger partial charge in [0.05, 0.1) is 5.92 Å². The molecule has 0 bridgehead atoms. The third-order valence-corrected chi connectivity index (χ3v) is 4.42. The fourth-order valence-electron chi connectivity index (χ4n) is 3.03. The van der Waals surface area contributed by atoms with E-state index in [1.807, 2.05) is 42.5 Å². The number of para-hydroxylation sites is 1. The molecule has 0 aromatic heterocycles. The van der Waals surface area contributed by atoms with Crippen molar-refractivity contribution in [1.82, 2.24) is 0 Å².